The number of hydrogen-bond acceptors (Lipinski definition) is 9. The van der Waals surface area contributed by atoms with Gasteiger partial charge in [0.15, 0.2) is 5.01 Å². The first-order valence-corrected chi connectivity index (χ1v) is 13.3. The van der Waals surface area contributed by atoms with E-state index >= 15 is 0 Å². The van der Waals surface area contributed by atoms with Gasteiger partial charge in [-0.3, -0.25) is 9.36 Å². The highest BCUT2D eigenvalue weighted by molar-refractivity contribution is 7.89. The molecule has 0 aliphatic carbocycles. The van der Waals surface area contributed by atoms with Gasteiger partial charge < -0.3 is 11.1 Å². The lowest BCUT2D eigenvalue weighted by Gasteiger charge is -2.26. The minimum atomic E-state index is -5.46. The third-order valence-corrected chi connectivity index (χ3v) is 7.95. The van der Waals surface area contributed by atoms with E-state index in [1.165, 1.54) is 22.2 Å². The number of hydrogen-bond donors (Lipinski definition) is 2. The normalized spacial score (nSPS) is 14.4. The monoisotopic (exact) mass is 559 g/mol. The summed E-state index contributed by atoms with van der Waals surface area (Å²) in [4.78, 5) is 26.4. The summed E-state index contributed by atoms with van der Waals surface area (Å²) in [6, 6.07) is 0. The number of anilines is 1. The molecule has 3 aromatic rings. The van der Waals surface area contributed by atoms with Crippen LogP contribution in [0.4, 0.5) is 19.1 Å². The molecule has 0 unspecified atom stereocenters. The molecule has 0 saturated heterocycles. The number of halogens is 3. The van der Waals surface area contributed by atoms with Gasteiger partial charge >= 0.3 is 15.5 Å². The van der Waals surface area contributed by atoms with E-state index in [-0.39, 0.29) is 43.1 Å². The van der Waals surface area contributed by atoms with E-state index in [1.807, 2.05) is 20.8 Å². The van der Waals surface area contributed by atoms with Crippen molar-refractivity contribution in [1.82, 2.24) is 38.9 Å². The number of imidazole rings is 1. The lowest BCUT2D eigenvalue weighted by molar-refractivity contribution is -0.0496. The lowest BCUT2D eigenvalue weighted by atomic mass is 10.2. The maximum absolute atomic E-state index is 13.0. The fourth-order valence-electron chi connectivity index (χ4n) is 3.67. The first kappa shape index (κ1) is 26.7. The fraction of sp³-hybridized carbons (Fsp3) is 0.450. The Morgan fingerprint density at radius 2 is 2.00 bits per heavy atom. The quantitative estimate of drug-likeness (QED) is 0.447. The molecule has 200 valence electrons. The number of carbonyl (C=O) groups excluding carboxylic acids is 1. The predicted molar refractivity (Wildman–Crippen MR) is 129 cm³/mol. The van der Waals surface area contributed by atoms with Gasteiger partial charge in [-0.2, -0.15) is 17.5 Å². The largest absolute Gasteiger partial charge is 0.511 e. The van der Waals surface area contributed by atoms with Crippen LogP contribution in [0.25, 0.3) is 17.0 Å². The van der Waals surface area contributed by atoms with Crippen molar-refractivity contribution in [3.05, 3.63) is 33.9 Å². The maximum Gasteiger partial charge on any atom is 0.511 e. The van der Waals surface area contributed by atoms with Crippen LogP contribution in [0.5, 0.6) is 0 Å². The Kier molecular flexibility index (Phi) is 7.13. The van der Waals surface area contributed by atoms with Crippen molar-refractivity contribution in [3.8, 4) is 10.8 Å². The van der Waals surface area contributed by atoms with Crippen LogP contribution in [0, 0.1) is 0 Å². The molecule has 4 heterocycles. The summed E-state index contributed by atoms with van der Waals surface area (Å²) in [6.07, 6.45) is 3.78. The fourth-order valence-corrected chi connectivity index (χ4v) is 5.36. The zero-order valence-corrected chi connectivity index (χ0v) is 21.7. The van der Waals surface area contributed by atoms with Gasteiger partial charge in [-0.1, -0.05) is 12.5 Å². The molecule has 1 aliphatic heterocycles. The minimum absolute atomic E-state index is 0.0752. The zero-order chi connectivity index (χ0) is 27.1. The molecule has 12 nitrogen and oxygen atoms in total. The van der Waals surface area contributed by atoms with E-state index in [9.17, 15) is 26.4 Å². The Balaban J connectivity index is 1.48. The average molecular weight is 560 g/mol. The molecule has 3 aromatic heterocycles. The number of sulfonamides is 1. The molecule has 0 spiro atoms. The first-order valence-electron chi connectivity index (χ1n) is 11.1. The van der Waals surface area contributed by atoms with Crippen LogP contribution in [0.15, 0.2) is 11.8 Å². The molecule has 0 radical (unpaired) electrons. The number of nitrogens with two attached hydrogens (primary N) is 1. The molecule has 3 N–H and O–H groups in total. The molecule has 17 heteroatoms. The van der Waals surface area contributed by atoms with Crippen LogP contribution in [0.1, 0.15) is 47.7 Å². The minimum Gasteiger partial charge on any atom is -0.369 e. The topological polar surface area (TPSA) is 154 Å². The molecular formula is C20H24F3N9O3S2. The second kappa shape index (κ2) is 9.86. The number of fused-ring (bicyclic) bond motifs is 1. The van der Waals surface area contributed by atoms with E-state index in [4.69, 9.17) is 5.73 Å². The van der Waals surface area contributed by atoms with E-state index in [0.717, 1.165) is 5.57 Å². The average Bonchev–Trinajstić information content (AvgIpc) is 3.53. The highest BCUT2D eigenvalue weighted by Gasteiger charge is 2.50. The number of aryl methyl sites for hydroxylation is 1. The number of alkyl halides is 3. The summed E-state index contributed by atoms with van der Waals surface area (Å²) in [5.41, 5.74) is 2.43. The summed E-state index contributed by atoms with van der Waals surface area (Å²) >= 11 is 1.19. The number of thiazole rings is 1. The first-order chi connectivity index (χ1) is 17.3. The van der Waals surface area contributed by atoms with Crippen LogP contribution in [0.2, 0.25) is 0 Å². The Bertz CT molecular complexity index is 1470. The van der Waals surface area contributed by atoms with Crippen LogP contribution in [0.3, 0.4) is 0 Å². The highest BCUT2D eigenvalue weighted by Crippen LogP contribution is 2.30. The Morgan fingerprint density at radius 3 is 2.65 bits per heavy atom. The molecule has 0 atom stereocenters. The second-order valence-corrected chi connectivity index (χ2v) is 11.4. The molecule has 0 saturated carbocycles. The van der Waals surface area contributed by atoms with Crippen molar-refractivity contribution in [2.24, 2.45) is 0 Å². The summed E-state index contributed by atoms with van der Waals surface area (Å²) in [5, 5.41) is 7.46. The molecule has 0 aromatic carbocycles. The number of nitrogen functional groups attached to an aromatic ring is 1. The number of aromatic nitrogens is 6. The number of amides is 1. The third-order valence-electron chi connectivity index (χ3n) is 5.38. The number of carbonyl (C=O) groups is 1. The maximum atomic E-state index is 13.0. The van der Waals surface area contributed by atoms with Gasteiger partial charge in [0.25, 0.3) is 5.91 Å². The lowest BCUT2D eigenvalue weighted by Crippen LogP contribution is -2.44. The molecule has 37 heavy (non-hydrogen) atoms. The second-order valence-electron chi connectivity index (χ2n) is 8.37. The molecular weight excluding hydrogens is 535 g/mol. The van der Waals surface area contributed by atoms with Crippen molar-refractivity contribution < 1.29 is 26.4 Å². The number of rotatable bonds is 7. The van der Waals surface area contributed by atoms with Crippen LogP contribution in [-0.4, -0.2) is 60.0 Å². The van der Waals surface area contributed by atoms with Gasteiger partial charge in [-0.15, -0.1) is 16.4 Å². The highest BCUT2D eigenvalue weighted by atomic mass is 32.2. The van der Waals surface area contributed by atoms with Gasteiger partial charge in [0.1, 0.15) is 11.5 Å². The number of nitrogens with one attached hydrogen (secondary N) is 1. The van der Waals surface area contributed by atoms with Gasteiger partial charge in [0.05, 0.1) is 25.3 Å². The number of allylic oxidation sites excluding steroid dienone is 1. The Labute approximate surface area is 214 Å². The summed E-state index contributed by atoms with van der Waals surface area (Å²) in [6.45, 7) is 4.76. The number of nitrogens with zero attached hydrogens (tertiary/aromatic N) is 7. The molecule has 0 fully saturated rings. The SMILES string of the molecule is CCc1nc(N)n(C=C(C)C)c1C(=O)NCc1cnc(-c2nc3n(n2)CCN(S(=O)(=O)C(F)(F)F)C3)s1. The predicted octanol–water partition coefficient (Wildman–Crippen LogP) is 2.22. The Hall–Kier alpha value is -3.31. The van der Waals surface area contributed by atoms with Gasteiger partial charge in [-0.05, 0) is 20.3 Å². The third kappa shape index (κ3) is 5.24. The van der Waals surface area contributed by atoms with Crippen molar-refractivity contribution >= 4 is 39.4 Å². The van der Waals surface area contributed by atoms with Crippen molar-refractivity contribution in [2.75, 3.05) is 12.3 Å². The standard InChI is InChI=1S/C20H24F3N9O3S2/c1-4-13-15(31(9-11(2)3)19(24)27-13)17(33)25-7-12-8-26-18(36-12)16-28-14-10-30(5-6-32(14)29-16)37(34,35)20(21,22)23/h8-9H,4-7,10H2,1-3H3,(H2,24,27)(H,25,33). The van der Waals surface area contributed by atoms with Crippen molar-refractivity contribution in [2.45, 2.75) is 52.3 Å². The summed E-state index contributed by atoms with van der Waals surface area (Å²) < 4.78 is 65.4. The van der Waals surface area contributed by atoms with Crippen molar-refractivity contribution in [3.63, 3.8) is 0 Å². The zero-order valence-electron chi connectivity index (χ0n) is 20.1. The van der Waals surface area contributed by atoms with E-state index in [2.05, 4.69) is 25.4 Å². The van der Waals surface area contributed by atoms with Crippen LogP contribution >= 0.6 is 11.3 Å². The van der Waals surface area contributed by atoms with E-state index in [1.54, 1.807) is 10.8 Å². The smallest absolute Gasteiger partial charge is 0.369 e. The van der Waals surface area contributed by atoms with Crippen molar-refractivity contribution in [1.29, 1.82) is 0 Å². The summed E-state index contributed by atoms with van der Waals surface area (Å²) in [5.74, 6) is 0.0811. The Morgan fingerprint density at radius 1 is 1.27 bits per heavy atom. The van der Waals surface area contributed by atoms with Gasteiger partial charge in [-0.25, -0.2) is 28.1 Å². The molecule has 1 amide bonds. The van der Waals surface area contributed by atoms with Crippen LogP contribution < -0.4 is 11.1 Å². The van der Waals surface area contributed by atoms with Gasteiger partial charge in [0, 0.05) is 23.8 Å². The molecule has 0 bridgehead atoms. The van der Waals surface area contributed by atoms with E-state index < -0.39 is 22.1 Å². The van der Waals surface area contributed by atoms with E-state index in [0.29, 0.717) is 32.0 Å². The molecule has 1 aliphatic rings. The molecule has 4 rings (SSSR count). The summed E-state index contributed by atoms with van der Waals surface area (Å²) in [7, 11) is -5.46. The van der Waals surface area contributed by atoms with Gasteiger partial charge in [0.2, 0.25) is 11.8 Å². The van der Waals surface area contributed by atoms with Crippen LogP contribution in [-0.2, 0) is 36.1 Å².